The Balaban J connectivity index is 0.000000240. The van der Waals surface area contributed by atoms with Crippen LogP contribution in [-0.4, -0.2) is 48.8 Å². The Morgan fingerprint density at radius 3 is 1.49 bits per heavy atom. The molecule has 6 rings (SSSR count). The van der Waals surface area contributed by atoms with E-state index in [1.54, 1.807) is 93.0 Å². The van der Waals surface area contributed by atoms with Crippen LogP contribution in [0.25, 0.3) is 22.3 Å². The van der Waals surface area contributed by atoms with Crippen LogP contribution in [0.5, 0.6) is 11.5 Å². The van der Waals surface area contributed by atoms with Crippen LogP contribution in [0, 0.1) is 11.6 Å². The third-order valence-corrected chi connectivity index (χ3v) is 9.53. The SMILES string of the molecule is CCOC(=O)CCc1ccc(Cc2ccc(OC)c(-c3cccc(Cl)c3)c2F)cn1.CCOC(=O)Cl.COc1ccc(Cc2ccc(CN)nc2)c(F)c1-c1cccc(Cl)c1. The molecule has 0 aliphatic heterocycles. The lowest BCUT2D eigenvalue weighted by atomic mass is 9.97. The number of nitrogens with zero attached hydrogens (tertiary/aromatic N) is 2. The highest BCUT2D eigenvalue weighted by Gasteiger charge is 2.18. The second-order valence-corrected chi connectivity index (χ2v) is 14.3. The molecule has 0 fully saturated rings. The number of halogens is 5. The molecule has 4 aromatic carbocycles. The molecule has 0 unspecified atom stereocenters. The Bertz CT molecular complexity index is 2370. The van der Waals surface area contributed by atoms with Crippen molar-refractivity contribution in [3.63, 3.8) is 0 Å². The lowest BCUT2D eigenvalue weighted by Gasteiger charge is -2.14. The second kappa shape index (κ2) is 24.6. The van der Waals surface area contributed by atoms with Gasteiger partial charge in [-0.2, -0.15) is 0 Å². The van der Waals surface area contributed by atoms with Crippen LogP contribution in [-0.2, 0) is 40.1 Å². The number of nitrogens with two attached hydrogens (primary N) is 1. The molecule has 0 saturated heterocycles. The topological polar surface area (TPSA) is 123 Å². The van der Waals surface area contributed by atoms with Crippen LogP contribution >= 0.6 is 34.8 Å². The smallest absolute Gasteiger partial charge is 0.403 e. The Kier molecular flexibility index (Phi) is 19.4. The van der Waals surface area contributed by atoms with E-state index in [0.29, 0.717) is 93.9 Å². The fourth-order valence-corrected chi connectivity index (χ4v) is 6.54. The number of pyridine rings is 2. The van der Waals surface area contributed by atoms with Crippen molar-refractivity contribution in [3.05, 3.63) is 165 Å². The summed E-state index contributed by atoms with van der Waals surface area (Å²) in [4.78, 5) is 29.7. The van der Waals surface area contributed by atoms with Gasteiger partial charge in [0.2, 0.25) is 0 Å². The average Bonchev–Trinajstić information content (AvgIpc) is 3.25. The highest BCUT2D eigenvalue weighted by Crippen LogP contribution is 2.37. The standard InChI is InChI=1S/C24H23ClFNO3.C20H18ClFN2O.C3H5ClO2/c1-3-30-22(28)12-10-20-9-7-16(15-27-20)13-18-8-11-21(29-2)23(24(18)26)17-5-4-6-19(25)14-17;1-25-18-8-6-15(9-13-5-7-17(11-23)24-12-13)20(22)19(18)14-3-2-4-16(21)10-14;1-2-6-3(4)5/h4-9,11,14-15H,3,10,12-13H2,1-2H3;2-8,10,12H,9,11,23H2,1H3;2H2,1H3. The van der Waals surface area contributed by atoms with Gasteiger partial charge in [-0.05, 0) is 95.8 Å². The van der Waals surface area contributed by atoms with E-state index in [-0.39, 0.29) is 24.0 Å². The molecule has 0 amide bonds. The number of carbonyl (C=O) groups excluding carboxylic acids is 2. The van der Waals surface area contributed by atoms with Crippen LogP contribution in [0.15, 0.2) is 109 Å². The molecule has 0 saturated carbocycles. The van der Waals surface area contributed by atoms with Crippen molar-refractivity contribution >= 4 is 46.2 Å². The van der Waals surface area contributed by atoms with Gasteiger partial charge in [0.05, 0.1) is 50.7 Å². The third-order valence-electron chi connectivity index (χ3n) is 8.95. The van der Waals surface area contributed by atoms with Crippen LogP contribution in [0.4, 0.5) is 13.6 Å². The van der Waals surface area contributed by atoms with E-state index in [1.807, 2.05) is 30.3 Å². The molecule has 61 heavy (non-hydrogen) atoms. The summed E-state index contributed by atoms with van der Waals surface area (Å²) in [6.45, 7) is 4.58. The lowest BCUT2D eigenvalue weighted by molar-refractivity contribution is -0.143. The lowest BCUT2D eigenvalue weighted by Crippen LogP contribution is -2.06. The number of hydrogen-bond donors (Lipinski definition) is 1. The first kappa shape index (κ1) is 48.1. The molecule has 2 aromatic heterocycles. The predicted octanol–water partition coefficient (Wildman–Crippen LogP) is 11.6. The number of aryl methyl sites for hydroxylation is 1. The zero-order valence-electron chi connectivity index (χ0n) is 34.2. The summed E-state index contributed by atoms with van der Waals surface area (Å²) in [6, 6.07) is 28.6. The van der Waals surface area contributed by atoms with E-state index in [2.05, 4.69) is 14.7 Å². The van der Waals surface area contributed by atoms with E-state index >= 15 is 8.78 Å². The van der Waals surface area contributed by atoms with Gasteiger partial charge in [0, 0.05) is 65.5 Å². The molecule has 320 valence electrons. The normalized spacial score (nSPS) is 10.4. The number of ether oxygens (including phenoxy) is 4. The number of benzene rings is 4. The minimum absolute atomic E-state index is 0.239. The predicted molar refractivity (Wildman–Crippen MR) is 237 cm³/mol. The van der Waals surface area contributed by atoms with E-state index in [4.69, 9.17) is 54.7 Å². The molecule has 6 aromatic rings. The van der Waals surface area contributed by atoms with Gasteiger partial charge < -0.3 is 24.7 Å². The Hall–Kier alpha value is -5.59. The van der Waals surface area contributed by atoms with Crippen LogP contribution in [0.1, 0.15) is 53.9 Å². The largest absolute Gasteiger partial charge is 0.496 e. The van der Waals surface area contributed by atoms with Crippen molar-refractivity contribution in [1.82, 2.24) is 9.97 Å². The minimum Gasteiger partial charge on any atom is -0.496 e. The summed E-state index contributed by atoms with van der Waals surface area (Å²) in [5, 5.41) is 1.08. The first-order valence-corrected chi connectivity index (χ1v) is 20.3. The molecular formula is C47H46Cl3F2N3O6. The van der Waals surface area contributed by atoms with Gasteiger partial charge in [-0.1, -0.05) is 71.7 Å². The summed E-state index contributed by atoms with van der Waals surface area (Å²) in [5.74, 6) is 0.0239. The van der Waals surface area contributed by atoms with Crippen molar-refractivity contribution in [2.75, 3.05) is 27.4 Å². The number of esters is 1. The fourth-order valence-electron chi connectivity index (χ4n) is 6.05. The third kappa shape index (κ3) is 14.5. The molecule has 0 radical (unpaired) electrons. The summed E-state index contributed by atoms with van der Waals surface area (Å²) in [5.41, 5.74) is 11.4. The van der Waals surface area contributed by atoms with E-state index < -0.39 is 5.43 Å². The number of methoxy groups -OCH3 is 2. The zero-order valence-corrected chi connectivity index (χ0v) is 36.4. The molecule has 0 spiro atoms. The minimum atomic E-state index is -0.738. The molecule has 0 atom stereocenters. The van der Waals surface area contributed by atoms with Gasteiger partial charge in [0.15, 0.2) is 0 Å². The van der Waals surface area contributed by atoms with Crippen molar-refractivity contribution in [3.8, 4) is 33.8 Å². The molecule has 2 heterocycles. The van der Waals surface area contributed by atoms with Crippen LogP contribution in [0.2, 0.25) is 10.0 Å². The molecule has 9 nitrogen and oxygen atoms in total. The monoisotopic (exact) mass is 891 g/mol. The zero-order chi connectivity index (χ0) is 44.3. The summed E-state index contributed by atoms with van der Waals surface area (Å²) < 4.78 is 50.4. The molecule has 0 aliphatic rings. The molecule has 14 heteroatoms. The van der Waals surface area contributed by atoms with E-state index in [1.165, 1.54) is 14.2 Å². The van der Waals surface area contributed by atoms with E-state index in [9.17, 15) is 9.59 Å². The van der Waals surface area contributed by atoms with Crippen LogP contribution < -0.4 is 15.2 Å². The highest BCUT2D eigenvalue weighted by atomic mass is 35.5. The Morgan fingerprint density at radius 1 is 0.656 bits per heavy atom. The number of rotatable bonds is 14. The Morgan fingerprint density at radius 2 is 1.13 bits per heavy atom. The van der Waals surface area contributed by atoms with E-state index in [0.717, 1.165) is 22.5 Å². The van der Waals surface area contributed by atoms with Crippen molar-refractivity contribution in [2.45, 2.75) is 46.1 Å². The van der Waals surface area contributed by atoms with Crippen molar-refractivity contribution in [1.29, 1.82) is 0 Å². The van der Waals surface area contributed by atoms with Gasteiger partial charge in [-0.3, -0.25) is 14.8 Å². The maximum Gasteiger partial charge on any atom is 0.403 e. The van der Waals surface area contributed by atoms with Crippen molar-refractivity contribution in [2.24, 2.45) is 5.73 Å². The maximum absolute atomic E-state index is 15.4. The van der Waals surface area contributed by atoms with Gasteiger partial charge in [-0.15, -0.1) is 0 Å². The molecule has 0 bridgehead atoms. The van der Waals surface area contributed by atoms with Gasteiger partial charge in [0.1, 0.15) is 23.1 Å². The highest BCUT2D eigenvalue weighted by molar-refractivity contribution is 6.61. The van der Waals surface area contributed by atoms with Gasteiger partial charge in [-0.25, -0.2) is 13.6 Å². The Labute approximate surface area is 369 Å². The number of carbonyl (C=O) groups is 2. The van der Waals surface area contributed by atoms with Crippen molar-refractivity contribution < 1.29 is 37.3 Å². The second-order valence-electron chi connectivity index (χ2n) is 13.1. The first-order valence-electron chi connectivity index (χ1n) is 19.2. The molecule has 2 N–H and O–H groups in total. The quantitative estimate of drug-likeness (QED) is 0.0841. The van der Waals surface area contributed by atoms with Gasteiger partial charge in [0.25, 0.3) is 0 Å². The average molecular weight is 893 g/mol. The summed E-state index contributed by atoms with van der Waals surface area (Å²) >= 11 is 16.9. The van der Waals surface area contributed by atoms with Gasteiger partial charge >= 0.3 is 11.4 Å². The number of hydrogen-bond acceptors (Lipinski definition) is 9. The fraction of sp³-hybridized carbons (Fsp3) is 0.234. The number of aromatic nitrogens is 2. The molecule has 0 aliphatic carbocycles. The maximum atomic E-state index is 15.4. The summed E-state index contributed by atoms with van der Waals surface area (Å²) in [6.07, 6.45) is 5.05. The first-order chi connectivity index (χ1) is 29.4. The summed E-state index contributed by atoms with van der Waals surface area (Å²) in [7, 11) is 3.04. The van der Waals surface area contributed by atoms with Crippen LogP contribution in [0.3, 0.4) is 0 Å². The molecular weight excluding hydrogens is 847 g/mol.